The van der Waals surface area contributed by atoms with Crippen molar-refractivity contribution in [3.05, 3.63) is 72.3 Å². The van der Waals surface area contributed by atoms with E-state index < -0.39 is 0 Å². The molecule has 4 rings (SSSR count). The van der Waals surface area contributed by atoms with Crippen LogP contribution in [-0.4, -0.2) is 36.7 Å². The summed E-state index contributed by atoms with van der Waals surface area (Å²) in [6.45, 7) is 2.15. The molecule has 1 N–H and O–H groups in total. The highest BCUT2D eigenvalue weighted by atomic mass is 32.2. The first-order chi connectivity index (χ1) is 14.2. The standard InChI is InChI=1S/C20H18N6O2S/c1-13-17(20(29-2)25-18(24-13)15-4-3-9-28-15)19(27)23-11-14-5-6-16(22-10-14)26-8-7-21-12-26/h3-10,12H,11H2,1-2H3,(H,23,27). The van der Waals surface area contributed by atoms with E-state index >= 15 is 0 Å². The number of thioether (sulfide) groups is 1. The van der Waals surface area contributed by atoms with E-state index in [9.17, 15) is 4.79 Å². The summed E-state index contributed by atoms with van der Waals surface area (Å²) in [5, 5.41) is 3.53. The fourth-order valence-corrected chi connectivity index (χ4v) is 3.43. The monoisotopic (exact) mass is 406 g/mol. The van der Waals surface area contributed by atoms with Crippen molar-refractivity contribution in [2.45, 2.75) is 18.5 Å². The van der Waals surface area contributed by atoms with E-state index in [0.717, 1.165) is 11.4 Å². The van der Waals surface area contributed by atoms with Gasteiger partial charge in [0.15, 0.2) is 11.6 Å². The van der Waals surface area contributed by atoms with Crippen LogP contribution in [0, 0.1) is 6.92 Å². The maximum atomic E-state index is 12.8. The molecule has 0 unspecified atom stereocenters. The fourth-order valence-electron chi connectivity index (χ4n) is 2.81. The number of aromatic nitrogens is 5. The minimum absolute atomic E-state index is 0.225. The Hall–Kier alpha value is -3.46. The lowest BCUT2D eigenvalue weighted by molar-refractivity contribution is 0.0946. The molecule has 0 fully saturated rings. The Morgan fingerprint density at radius 3 is 2.83 bits per heavy atom. The lowest BCUT2D eigenvalue weighted by atomic mass is 10.2. The van der Waals surface area contributed by atoms with Crippen molar-refractivity contribution in [1.29, 1.82) is 0 Å². The van der Waals surface area contributed by atoms with Gasteiger partial charge in [-0.25, -0.2) is 19.9 Å². The summed E-state index contributed by atoms with van der Waals surface area (Å²) < 4.78 is 7.18. The van der Waals surface area contributed by atoms with E-state index in [2.05, 4.69) is 25.3 Å². The number of carbonyl (C=O) groups is 1. The molecule has 4 aromatic heterocycles. The molecule has 4 aromatic rings. The number of aryl methyl sites for hydroxylation is 1. The number of rotatable bonds is 6. The summed E-state index contributed by atoms with van der Waals surface area (Å²) in [7, 11) is 0. The summed E-state index contributed by atoms with van der Waals surface area (Å²) in [5.41, 5.74) is 1.95. The van der Waals surface area contributed by atoms with Crippen molar-refractivity contribution < 1.29 is 9.21 Å². The highest BCUT2D eigenvalue weighted by Gasteiger charge is 2.19. The number of nitrogens with one attached hydrogen (secondary N) is 1. The number of furan rings is 1. The molecule has 0 saturated heterocycles. The molecule has 0 radical (unpaired) electrons. The number of carbonyl (C=O) groups excluding carboxylic acids is 1. The number of imidazole rings is 1. The van der Waals surface area contributed by atoms with Gasteiger partial charge in [0.25, 0.3) is 5.91 Å². The molecule has 146 valence electrons. The second-order valence-electron chi connectivity index (χ2n) is 6.17. The molecule has 0 aliphatic carbocycles. The van der Waals surface area contributed by atoms with E-state index in [1.165, 1.54) is 11.8 Å². The predicted octanol–water partition coefficient (Wildman–Crippen LogP) is 3.28. The predicted molar refractivity (Wildman–Crippen MR) is 109 cm³/mol. The van der Waals surface area contributed by atoms with Crippen molar-refractivity contribution in [1.82, 2.24) is 29.8 Å². The van der Waals surface area contributed by atoms with Gasteiger partial charge in [0.2, 0.25) is 0 Å². The minimum Gasteiger partial charge on any atom is -0.461 e. The number of amides is 1. The summed E-state index contributed by atoms with van der Waals surface area (Å²) in [5.74, 6) is 1.57. The molecule has 9 heteroatoms. The van der Waals surface area contributed by atoms with Gasteiger partial charge in [-0.05, 0) is 36.9 Å². The summed E-state index contributed by atoms with van der Waals surface area (Å²) in [4.78, 5) is 30.1. The Balaban J connectivity index is 1.49. The van der Waals surface area contributed by atoms with Crippen molar-refractivity contribution >= 4 is 17.7 Å². The highest BCUT2D eigenvalue weighted by Crippen LogP contribution is 2.25. The first kappa shape index (κ1) is 18.9. The van der Waals surface area contributed by atoms with Gasteiger partial charge in [0.1, 0.15) is 17.2 Å². The van der Waals surface area contributed by atoms with E-state index in [1.54, 1.807) is 44.0 Å². The van der Waals surface area contributed by atoms with Gasteiger partial charge < -0.3 is 9.73 Å². The molecular formula is C20H18N6O2S. The maximum Gasteiger partial charge on any atom is 0.256 e. The van der Waals surface area contributed by atoms with Crippen LogP contribution in [0.15, 0.2) is 64.9 Å². The van der Waals surface area contributed by atoms with Crippen LogP contribution >= 0.6 is 11.8 Å². The zero-order chi connectivity index (χ0) is 20.2. The number of nitrogens with zero attached hydrogens (tertiary/aromatic N) is 5. The summed E-state index contributed by atoms with van der Waals surface area (Å²) >= 11 is 1.40. The van der Waals surface area contributed by atoms with Crippen LogP contribution in [0.1, 0.15) is 21.6 Å². The van der Waals surface area contributed by atoms with Gasteiger partial charge in [-0.2, -0.15) is 0 Å². The largest absolute Gasteiger partial charge is 0.461 e. The van der Waals surface area contributed by atoms with E-state index in [-0.39, 0.29) is 5.91 Å². The second-order valence-corrected chi connectivity index (χ2v) is 6.97. The van der Waals surface area contributed by atoms with Gasteiger partial charge >= 0.3 is 0 Å². The van der Waals surface area contributed by atoms with E-state index in [4.69, 9.17) is 4.42 Å². The van der Waals surface area contributed by atoms with E-state index in [1.807, 2.05) is 29.2 Å². The molecule has 0 aliphatic rings. The van der Waals surface area contributed by atoms with Crippen LogP contribution in [0.2, 0.25) is 0 Å². The lowest BCUT2D eigenvalue weighted by Gasteiger charge is -2.12. The molecule has 1 amide bonds. The van der Waals surface area contributed by atoms with Crippen LogP contribution in [0.4, 0.5) is 0 Å². The maximum absolute atomic E-state index is 12.8. The highest BCUT2D eigenvalue weighted by molar-refractivity contribution is 7.98. The van der Waals surface area contributed by atoms with Crippen molar-refractivity contribution in [2.75, 3.05) is 6.26 Å². The van der Waals surface area contributed by atoms with Crippen molar-refractivity contribution in [3.63, 3.8) is 0 Å². The molecule has 0 spiro atoms. The lowest BCUT2D eigenvalue weighted by Crippen LogP contribution is -2.25. The molecule has 0 aromatic carbocycles. The minimum atomic E-state index is -0.225. The Labute approximate surface area is 171 Å². The third-order valence-electron chi connectivity index (χ3n) is 4.25. The Morgan fingerprint density at radius 2 is 2.17 bits per heavy atom. The SMILES string of the molecule is CSc1nc(-c2ccco2)nc(C)c1C(=O)NCc1ccc(-n2ccnc2)nc1. The summed E-state index contributed by atoms with van der Waals surface area (Å²) in [6, 6.07) is 7.36. The topological polar surface area (TPSA) is 98.7 Å². The number of hydrogen-bond acceptors (Lipinski definition) is 7. The van der Waals surface area contributed by atoms with Gasteiger partial charge in [-0.1, -0.05) is 6.07 Å². The quantitative estimate of drug-likeness (QED) is 0.387. The Kier molecular flexibility index (Phi) is 5.39. The first-order valence-corrected chi connectivity index (χ1v) is 10.1. The van der Waals surface area contributed by atoms with Gasteiger partial charge in [0.05, 0.1) is 17.5 Å². The smallest absolute Gasteiger partial charge is 0.256 e. The average Bonchev–Trinajstić information content (AvgIpc) is 3.46. The number of pyridine rings is 1. The average molecular weight is 406 g/mol. The van der Waals surface area contributed by atoms with Crippen LogP contribution in [0.25, 0.3) is 17.4 Å². The Bertz CT molecular complexity index is 1110. The van der Waals surface area contributed by atoms with Crippen molar-refractivity contribution in [2.24, 2.45) is 0 Å². The molecular weight excluding hydrogens is 388 g/mol. The van der Waals surface area contributed by atoms with Crippen LogP contribution in [-0.2, 0) is 6.54 Å². The Morgan fingerprint density at radius 1 is 1.28 bits per heavy atom. The zero-order valence-corrected chi connectivity index (χ0v) is 16.7. The normalized spacial score (nSPS) is 10.8. The molecule has 0 bridgehead atoms. The zero-order valence-electron chi connectivity index (χ0n) is 15.9. The van der Waals surface area contributed by atoms with Gasteiger partial charge in [-0.3, -0.25) is 9.36 Å². The van der Waals surface area contributed by atoms with Crippen molar-refractivity contribution in [3.8, 4) is 17.4 Å². The fraction of sp³-hybridized carbons (Fsp3) is 0.150. The molecule has 0 aliphatic heterocycles. The van der Waals surface area contributed by atoms with Crippen LogP contribution < -0.4 is 5.32 Å². The molecule has 0 atom stereocenters. The summed E-state index contributed by atoms with van der Waals surface area (Å²) in [6.07, 6.45) is 10.4. The van der Waals surface area contributed by atoms with Gasteiger partial charge in [0, 0.05) is 25.1 Å². The van der Waals surface area contributed by atoms with Gasteiger partial charge in [-0.15, -0.1) is 11.8 Å². The third kappa shape index (κ3) is 4.04. The third-order valence-corrected chi connectivity index (χ3v) is 4.93. The first-order valence-electron chi connectivity index (χ1n) is 8.83. The van der Waals surface area contributed by atoms with Crippen LogP contribution in [0.3, 0.4) is 0 Å². The molecule has 29 heavy (non-hydrogen) atoms. The molecule has 8 nitrogen and oxygen atoms in total. The number of hydrogen-bond donors (Lipinski definition) is 1. The van der Waals surface area contributed by atoms with E-state index in [0.29, 0.717) is 34.4 Å². The van der Waals surface area contributed by atoms with Crippen LogP contribution in [0.5, 0.6) is 0 Å². The second kappa shape index (κ2) is 8.27. The molecule has 4 heterocycles. The molecule has 0 saturated carbocycles.